The minimum absolute atomic E-state index is 0.115. The summed E-state index contributed by atoms with van der Waals surface area (Å²) < 4.78 is 31.8. The van der Waals surface area contributed by atoms with Gasteiger partial charge in [0, 0.05) is 32.1 Å². The first-order chi connectivity index (χ1) is 23.8. The van der Waals surface area contributed by atoms with E-state index < -0.39 is 90.5 Å². The van der Waals surface area contributed by atoms with Crippen molar-refractivity contribution in [2.75, 3.05) is 6.61 Å². The van der Waals surface area contributed by atoms with Gasteiger partial charge in [0.1, 0.15) is 17.8 Å². The maximum absolute atomic E-state index is 15.7. The largest absolute Gasteiger partial charge is 0.455 e. The van der Waals surface area contributed by atoms with Gasteiger partial charge in [-0.05, 0) is 55.4 Å². The molecule has 4 aliphatic rings. The first-order valence-electron chi connectivity index (χ1n) is 17.4. The Balaban J connectivity index is 1.67. The molecule has 12 heteroatoms. The number of esters is 3. The molecule has 1 heterocycles. The van der Waals surface area contributed by atoms with Crippen LogP contribution in [0.1, 0.15) is 64.7 Å². The molecule has 0 spiro atoms. The third-order valence-corrected chi connectivity index (χ3v) is 14.7. The van der Waals surface area contributed by atoms with Gasteiger partial charge in [0.05, 0.1) is 35.7 Å². The number of ether oxygens (including phenoxy) is 4. The van der Waals surface area contributed by atoms with E-state index in [0.29, 0.717) is 5.57 Å². The van der Waals surface area contributed by atoms with Gasteiger partial charge in [-0.2, -0.15) is 0 Å². The third-order valence-electron chi connectivity index (χ3n) is 12.1. The SMILES string of the molecule is CC(=O)OC1C(=O)[C@@]2(C)C([C@H](OC(=O)c3ccccc3)[C@]3(O)C[C@H](O)C(C)=C1C3(C)C)[C@]1(OC(C)=O)CO[C@@H]1C[C@@H]2O[Si](C)(C)c1ccccc1. The van der Waals surface area contributed by atoms with E-state index in [1.165, 1.54) is 13.8 Å². The summed E-state index contributed by atoms with van der Waals surface area (Å²) in [6.45, 7) is 13.0. The molecule has 11 nitrogen and oxygen atoms in total. The third kappa shape index (κ3) is 5.70. The van der Waals surface area contributed by atoms with Gasteiger partial charge in [0.25, 0.3) is 0 Å². The molecule has 274 valence electrons. The number of ketones is 1. The number of carbonyl (C=O) groups is 4. The van der Waals surface area contributed by atoms with Crippen LogP contribution in [0.3, 0.4) is 0 Å². The monoisotopic (exact) mass is 720 g/mol. The number of Topliss-reactive ketones (excluding diaryl/α,β-unsaturated/α-hetero) is 1. The van der Waals surface area contributed by atoms with Crippen LogP contribution >= 0.6 is 0 Å². The van der Waals surface area contributed by atoms with Crippen molar-refractivity contribution in [2.24, 2.45) is 16.7 Å². The van der Waals surface area contributed by atoms with Crippen LogP contribution in [0.2, 0.25) is 13.1 Å². The molecule has 2 aromatic rings. The zero-order valence-corrected chi connectivity index (χ0v) is 31.4. The Labute approximate surface area is 299 Å². The molecule has 1 aliphatic heterocycles. The Hall–Kier alpha value is -3.68. The van der Waals surface area contributed by atoms with Gasteiger partial charge in [-0.15, -0.1) is 0 Å². The van der Waals surface area contributed by atoms with E-state index in [1.807, 2.05) is 43.4 Å². The number of hydrogen-bond donors (Lipinski definition) is 2. The summed E-state index contributed by atoms with van der Waals surface area (Å²) in [5.74, 6) is -4.05. The fraction of sp³-hybridized carbons (Fsp3) is 0.538. The second-order valence-electron chi connectivity index (χ2n) is 15.7. The van der Waals surface area contributed by atoms with Gasteiger partial charge < -0.3 is 33.6 Å². The van der Waals surface area contributed by atoms with Crippen molar-refractivity contribution < 1.29 is 52.8 Å². The molecule has 0 radical (unpaired) electrons. The van der Waals surface area contributed by atoms with Crippen LogP contribution in [0, 0.1) is 16.7 Å². The topological polar surface area (TPSA) is 155 Å². The molecular formula is C39H48O11Si. The van der Waals surface area contributed by atoms with Gasteiger partial charge >= 0.3 is 17.9 Å². The molecule has 2 saturated carbocycles. The molecule has 1 saturated heterocycles. The maximum Gasteiger partial charge on any atom is 0.338 e. The summed E-state index contributed by atoms with van der Waals surface area (Å²) in [6, 6.07) is 17.9. The van der Waals surface area contributed by atoms with E-state index in [0.717, 1.165) is 5.19 Å². The molecule has 3 aliphatic carbocycles. The summed E-state index contributed by atoms with van der Waals surface area (Å²) >= 11 is 0. The van der Waals surface area contributed by atoms with Crippen molar-refractivity contribution in [3.8, 4) is 0 Å². The first-order valence-corrected chi connectivity index (χ1v) is 20.4. The van der Waals surface area contributed by atoms with Crippen LogP contribution in [0.25, 0.3) is 0 Å². The number of benzene rings is 2. The molecule has 2 N–H and O–H groups in total. The Kier molecular flexibility index (Phi) is 9.28. The van der Waals surface area contributed by atoms with Crippen molar-refractivity contribution in [1.29, 1.82) is 0 Å². The van der Waals surface area contributed by atoms with Gasteiger partial charge in [-0.25, -0.2) is 4.79 Å². The minimum Gasteiger partial charge on any atom is -0.455 e. The Morgan fingerprint density at radius 3 is 2.08 bits per heavy atom. The summed E-state index contributed by atoms with van der Waals surface area (Å²) in [5.41, 5.74) is -6.05. The van der Waals surface area contributed by atoms with Crippen LogP contribution < -0.4 is 5.19 Å². The molecule has 2 unspecified atom stereocenters. The van der Waals surface area contributed by atoms with Crippen molar-refractivity contribution in [3.05, 3.63) is 77.4 Å². The molecular weight excluding hydrogens is 673 g/mol. The van der Waals surface area contributed by atoms with Crippen LogP contribution in [0.15, 0.2) is 71.8 Å². The normalized spacial score (nSPS) is 35.6. The predicted octanol–water partition coefficient (Wildman–Crippen LogP) is 3.79. The van der Waals surface area contributed by atoms with Gasteiger partial charge in [0.2, 0.25) is 8.32 Å². The second-order valence-corrected chi connectivity index (χ2v) is 19.6. The average molecular weight is 721 g/mol. The molecule has 0 aromatic heterocycles. The fourth-order valence-corrected chi connectivity index (χ4v) is 11.5. The lowest BCUT2D eigenvalue weighted by molar-refractivity contribution is -0.344. The quantitative estimate of drug-likeness (QED) is 0.186. The molecule has 9 atom stereocenters. The highest BCUT2D eigenvalue weighted by Crippen LogP contribution is 2.65. The molecule has 2 bridgehead atoms. The van der Waals surface area contributed by atoms with Crippen LogP contribution in [-0.4, -0.2) is 90.6 Å². The Bertz CT molecular complexity index is 1760. The van der Waals surface area contributed by atoms with Crippen molar-refractivity contribution >= 4 is 37.2 Å². The van der Waals surface area contributed by atoms with Crippen molar-refractivity contribution in [2.45, 2.75) is 109 Å². The van der Waals surface area contributed by atoms with E-state index in [9.17, 15) is 24.6 Å². The standard InChI is InChI=1S/C39H48O11Si/c1-22-27(42)20-39(45)34(48-35(44)25-15-11-9-12-16-25)32-37(6,33(43)31(47-23(2)40)30(22)36(39,4)5)28(19-29-38(32,21-46-29)49-24(3)41)50-51(7,8)26-17-13-10-14-18-26/h9-18,27-29,31-32,34,42,45H,19-21H2,1-8H3/t27-,28-,29+,31?,32?,34-,37+,38-,39+/m0/s1. The summed E-state index contributed by atoms with van der Waals surface area (Å²) in [5, 5.41) is 25.9. The van der Waals surface area contributed by atoms with E-state index in [-0.39, 0.29) is 30.6 Å². The van der Waals surface area contributed by atoms with Gasteiger partial charge in [0.15, 0.2) is 17.5 Å². The smallest absolute Gasteiger partial charge is 0.338 e. The van der Waals surface area contributed by atoms with E-state index in [2.05, 4.69) is 0 Å². The lowest BCUT2D eigenvalue weighted by Crippen LogP contribution is -2.82. The number of fused-ring (bicyclic) bond motifs is 5. The van der Waals surface area contributed by atoms with Crippen molar-refractivity contribution in [1.82, 2.24) is 0 Å². The predicted molar refractivity (Wildman–Crippen MR) is 187 cm³/mol. The van der Waals surface area contributed by atoms with Gasteiger partial charge in [-0.1, -0.05) is 62.4 Å². The van der Waals surface area contributed by atoms with E-state index in [1.54, 1.807) is 58.0 Å². The number of aliphatic hydroxyl groups is 2. The van der Waals surface area contributed by atoms with Crippen LogP contribution in [0.5, 0.6) is 0 Å². The molecule has 6 rings (SSSR count). The lowest BCUT2D eigenvalue weighted by Gasteiger charge is -2.68. The number of rotatable bonds is 7. The van der Waals surface area contributed by atoms with Crippen LogP contribution in [-0.2, 0) is 37.8 Å². The minimum atomic E-state index is -2.84. The lowest BCUT2D eigenvalue weighted by atomic mass is 9.44. The average Bonchev–Trinajstić information content (AvgIpc) is 3.06. The van der Waals surface area contributed by atoms with Crippen molar-refractivity contribution in [3.63, 3.8) is 0 Å². The zero-order chi connectivity index (χ0) is 37.3. The van der Waals surface area contributed by atoms with Crippen LogP contribution in [0.4, 0.5) is 0 Å². The number of carbonyl (C=O) groups excluding carboxylic acids is 4. The molecule has 3 fully saturated rings. The van der Waals surface area contributed by atoms with E-state index in [4.69, 9.17) is 23.4 Å². The summed E-state index contributed by atoms with van der Waals surface area (Å²) in [6.07, 6.45) is -6.36. The maximum atomic E-state index is 15.7. The Morgan fingerprint density at radius 2 is 1.53 bits per heavy atom. The first kappa shape index (κ1) is 37.1. The molecule has 0 amide bonds. The highest BCUT2D eigenvalue weighted by Gasteiger charge is 2.78. The second kappa shape index (κ2) is 12.8. The number of hydrogen-bond acceptors (Lipinski definition) is 11. The van der Waals surface area contributed by atoms with E-state index >= 15 is 4.79 Å². The highest BCUT2D eigenvalue weighted by atomic mass is 28.4. The fourth-order valence-electron chi connectivity index (χ4n) is 9.32. The number of aliphatic hydroxyl groups excluding tert-OH is 1. The Morgan fingerprint density at radius 1 is 0.922 bits per heavy atom. The molecule has 51 heavy (non-hydrogen) atoms. The highest BCUT2D eigenvalue weighted by molar-refractivity contribution is 6.84. The summed E-state index contributed by atoms with van der Waals surface area (Å²) in [7, 11) is -2.84. The summed E-state index contributed by atoms with van der Waals surface area (Å²) in [4.78, 5) is 55.7. The molecule has 2 aromatic carbocycles. The zero-order valence-electron chi connectivity index (χ0n) is 30.4. The van der Waals surface area contributed by atoms with Gasteiger partial charge in [-0.3, -0.25) is 14.4 Å².